The number of likely N-dealkylation sites (N-methyl/N-ethyl adjacent to an activating group) is 1. The minimum Gasteiger partial charge on any atom is -0.492 e. The smallest absolute Gasteiger partial charge is 0.417 e. The summed E-state index contributed by atoms with van der Waals surface area (Å²) in [6.07, 6.45) is -2.26. The van der Waals surface area contributed by atoms with Crippen LogP contribution in [0.4, 0.5) is 19.0 Å². The number of halogens is 4. The first-order chi connectivity index (χ1) is 14.2. The van der Waals surface area contributed by atoms with Gasteiger partial charge in [-0.05, 0) is 49.2 Å². The largest absolute Gasteiger partial charge is 0.492 e. The van der Waals surface area contributed by atoms with Crippen LogP contribution < -0.4 is 9.64 Å². The molecule has 5 nitrogen and oxygen atoms in total. The van der Waals surface area contributed by atoms with Crippen LogP contribution in [0.1, 0.15) is 18.4 Å². The van der Waals surface area contributed by atoms with Gasteiger partial charge >= 0.3 is 6.18 Å². The molecule has 1 aromatic carbocycles. The number of rotatable bonds is 6. The molecule has 1 aliphatic rings. The molecule has 1 saturated heterocycles. The molecule has 2 aromatic rings. The van der Waals surface area contributed by atoms with E-state index in [1.165, 1.54) is 6.07 Å². The number of carbonyl (C=O) groups excluding carboxylic acids is 1. The first-order valence-electron chi connectivity index (χ1n) is 9.65. The maximum Gasteiger partial charge on any atom is 0.417 e. The molecule has 1 fully saturated rings. The van der Waals surface area contributed by atoms with Crippen molar-refractivity contribution in [2.45, 2.75) is 19.0 Å². The number of ether oxygens (including phenoxy) is 1. The van der Waals surface area contributed by atoms with E-state index in [0.717, 1.165) is 22.5 Å². The van der Waals surface area contributed by atoms with Gasteiger partial charge in [-0.2, -0.15) is 13.2 Å². The summed E-state index contributed by atoms with van der Waals surface area (Å²) in [5.41, 5.74) is -0.761. The van der Waals surface area contributed by atoms with E-state index in [1.807, 2.05) is 29.2 Å². The van der Waals surface area contributed by atoms with Gasteiger partial charge in [0, 0.05) is 36.7 Å². The molecule has 0 spiro atoms. The first kappa shape index (κ1) is 22.4. The Balaban J connectivity index is 1.44. The molecule has 3 rings (SSSR count). The molecule has 0 radical (unpaired) electrons. The molecule has 0 N–H and O–H groups in total. The summed E-state index contributed by atoms with van der Waals surface area (Å²) in [4.78, 5) is 20.2. The summed E-state index contributed by atoms with van der Waals surface area (Å²) < 4.78 is 44.7. The van der Waals surface area contributed by atoms with Crippen LogP contribution in [0.2, 0.25) is 0 Å². The molecule has 30 heavy (non-hydrogen) atoms. The Hall–Kier alpha value is -2.29. The molecule has 1 aliphatic heterocycles. The van der Waals surface area contributed by atoms with E-state index in [4.69, 9.17) is 4.74 Å². The van der Waals surface area contributed by atoms with Crippen molar-refractivity contribution in [2.75, 3.05) is 38.2 Å². The van der Waals surface area contributed by atoms with Gasteiger partial charge in [0.25, 0.3) is 0 Å². The van der Waals surface area contributed by atoms with Crippen molar-refractivity contribution in [3.63, 3.8) is 0 Å². The van der Waals surface area contributed by atoms with Crippen molar-refractivity contribution in [3.8, 4) is 5.75 Å². The van der Waals surface area contributed by atoms with Crippen LogP contribution in [0, 0.1) is 5.92 Å². The summed E-state index contributed by atoms with van der Waals surface area (Å²) in [6, 6.07) is 9.93. The highest BCUT2D eigenvalue weighted by molar-refractivity contribution is 9.10. The standard InChI is InChI=1S/C21H23BrF3N3O2/c1-27(12-13-30-18-5-3-17(22)4-6-18)20(29)15-8-10-28(11-9-15)19-7-2-16(14-26-19)21(23,24)25/h2-7,14-15H,8-13H2,1H3. The number of carbonyl (C=O) groups is 1. The summed E-state index contributed by atoms with van der Waals surface area (Å²) in [7, 11) is 1.76. The quantitative estimate of drug-likeness (QED) is 0.598. The molecular formula is C21H23BrF3N3O2. The Morgan fingerprint density at radius 2 is 1.87 bits per heavy atom. The predicted molar refractivity (Wildman–Crippen MR) is 111 cm³/mol. The van der Waals surface area contributed by atoms with E-state index in [-0.39, 0.29) is 11.8 Å². The Labute approximate surface area is 182 Å². The van der Waals surface area contributed by atoms with E-state index < -0.39 is 11.7 Å². The van der Waals surface area contributed by atoms with Gasteiger partial charge < -0.3 is 14.5 Å². The van der Waals surface area contributed by atoms with Crippen LogP contribution in [0.25, 0.3) is 0 Å². The van der Waals surface area contributed by atoms with E-state index in [1.54, 1.807) is 11.9 Å². The average Bonchev–Trinajstić information content (AvgIpc) is 2.74. The first-order valence-corrected chi connectivity index (χ1v) is 10.4. The number of hydrogen-bond acceptors (Lipinski definition) is 4. The molecule has 0 aliphatic carbocycles. The van der Waals surface area contributed by atoms with Crippen LogP contribution in [-0.2, 0) is 11.0 Å². The molecule has 0 atom stereocenters. The van der Waals surface area contributed by atoms with Gasteiger partial charge in [0.05, 0.1) is 12.1 Å². The lowest BCUT2D eigenvalue weighted by molar-refractivity contribution is -0.138. The van der Waals surface area contributed by atoms with Crippen molar-refractivity contribution in [3.05, 3.63) is 52.6 Å². The van der Waals surface area contributed by atoms with E-state index in [0.29, 0.717) is 44.9 Å². The van der Waals surface area contributed by atoms with Crippen molar-refractivity contribution in [2.24, 2.45) is 5.92 Å². The Kier molecular flexibility index (Phi) is 7.23. The van der Waals surface area contributed by atoms with Gasteiger partial charge in [-0.3, -0.25) is 4.79 Å². The second kappa shape index (κ2) is 9.68. The lowest BCUT2D eigenvalue weighted by atomic mass is 9.95. The Bertz CT molecular complexity index is 836. The number of piperidine rings is 1. The number of amides is 1. The lowest BCUT2D eigenvalue weighted by Gasteiger charge is -2.34. The maximum absolute atomic E-state index is 12.7. The van der Waals surface area contributed by atoms with Gasteiger partial charge in [-0.15, -0.1) is 0 Å². The number of pyridine rings is 1. The van der Waals surface area contributed by atoms with Gasteiger partial charge in [-0.25, -0.2) is 4.98 Å². The van der Waals surface area contributed by atoms with Crippen LogP contribution in [0.3, 0.4) is 0 Å². The molecule has 1 aromatic heterocycles. The number of alkyl halides is 3. The van der Waals surface area contributed by atoms with Gasteiger partial charge in [0.1, 0.15) is 18.2 Å². The van der Waals surface area contributed by atoms with E-state index in [9.17, 15) is 18.0 Å². The number of benzene rings is 1. The zero-order chi connectivity index (χ0) is 21.7. The second-order valence-electron chi connectivity index (χ2n) is 7.23. The molecule has 9 heteroatoms. The third kappa shape index (κ3) is 5.87. The minimum atomic E-state index is -4.39. The van der Waals surface area contributed by atoms with Crippen LogP contribution in [0.15, 0.2) is 47.1 Å². The fourth-order valence-corrected chi connectivity index (χ4v) is 3.61. The number of nitrogens with zero attached hydrogens (tertiary/aromatic N) is 3. The third-order valence-electron chi connectivity index (χ3n) is 5.13. The highest BCUT2D eigenvalue weighted by Crippen LogP contribution is 2.30. The molecule has 162 valence electrons. The molecule has 0 saturated carbocycles. The van der Waals surface area contributed by atoms with Crippen molar-refractivity contribution >= 4 is 27.7 Å². The number of aromatic nitrogens is 1. The van der Waals surface area contributed by atoms with Crippen molar-refractivity contribution < 1.29 is 22.7 Å². The van der Waals surface area contributed by atoms with Gasteiger partial charge in [-0.1, -0.05) is 15.9 Å². The fourth-order valence-electron chi connectivity index (χ4n) is 3.35. The van der Waals surface area contributed by atoms with Gasteiger partial charge in [0.15, 0.2) is 0 Å². The Morgan fingerprint density at radius 3 is 2.43 bits per heavy atom. The molecule has 0 unspecified atom stereocenters. The van der Waals surface area contributed by atoms with Gasteiger partial charge in [0.2, 0.25) is 5.91 Å². The topological polar surface area (TPSA) is 45.7 Å². The summed E-state index contributed by atoms with van der Waals surface area (Å²) in [5.74, 6) is 1.21. The maximum atomic E-state index is 12.7. The average molecular weight is 486 g/mol. The molecule has 1 amide bonds. The van der Waals surface area contributed by atoms with Crippen molar-refractivity contribution in [1.29, 1.82) is 0 Å². The van der Waals surface area contributed by atoms with E-state index >= 15 is 0 Å². The molecular weight excluding hydrogens is 463 g/mol. The zero-order valence-electron chi connectivity index (χ0n) is 16.5. The normalized spacial score (nSPS) is 15.2. The summed E-state index contributed by atoms with van der Waals surface area (Å²) in [6.45, 7) is 2.05. The zero-order valence-corrected chi connectivity index (χ0v) is 18.1. The Morgan fingerprint density at radius 1 is 1.20 bits per heavy atom. The molecule has 2 heterocycles. The van der Waals surface area contributed by atoms with Crippen LogP contribution in [0.5, 0.6) is 5.75 Å². The predicted octanol–water partition coefficient (Wildman–Crippen LogP) is 4.62. The second-order valence-corrected chi connectivity index (χ2v) is 8.14. The lowest BCUT2D eigenvalue weighted by Crippen LogP contribution is -2.42. The number of hydrogen-bond donors (Lipinski definition) is 0. The van der Waals surface area contributed by atoms with Crippen LogP contribution >= 0.6 is 15.9 Å². The highest BCUT2D eigenvalue weighted by atomic mass is 79.9. The van der Waals surface area contributed by atoms with Crippen LogP contribution in [-0.4, -0.2) is 49.1 Å². The minimum absolute atomic E-state index is 0.0643. The monoisotopic (exact) mass is 485 g/mol. The van der Waals surface area contributed by atoms with Crippen molar-refractivity contribution in [1.82, 2.24) is 9.88 Å². The third-order valence-corrected chi connectivity index (χ3v) is 5.66. The van der Waals surface area contributed by atoms with E-state index in [2.05, 4.69) is 20.9 Å². The fraction of sp³-hybridized carbons (Fsp3) is 0.429. The highest BCUT2D eigenvalue weighted by Gasteiger charge is 2.32. The number of anilines is 1. The molecule has 0 bridgehead atoms. The SMILES string of the molecule is CN(CCOc1ccc(Br)cc1)C(=O)C1CCN(c2ccc(C(F)(F)F)cn2)CC1. The summed E-state index contributed by atoms with van der Waals surface area (Å²) in [5, 5.41) is 0. The summed E-state index contributed by atoms with van der Waals surface area (Å²) >= 11 is 3.37.